The lowest BCUT2D eigenvalue weighted by Gasteiger charge is -2.21. The van der Waals surface area contributed by atoms with Crippen molar-refractivity contribution in [3.63, 3.8) is 0 Å². The topological polar surface area (TPSA) is 34.1 Å². The molecule has 112 valence electrons. The fraction of sp³-hybridized carbons (Fsp3) is 0.267. The Morgan fingerprint density at radius 1 is 1.19 bits per heavy atom. The molecule has 0 bridgehead atoms. The van der Waals surface area contributed by atoms with Gasteiger partial charge in [0, 0.05) is 16.1 Å². The van der Waals surface area contributed by atoms with E-state index in [9.17, 15) is 8.78 Å². The third-order valence-corrected chi connectivity index (χ3v) is 2.86. The van der Waals surface area contributed by atoms with E-state index in [1.807, 2.05) is 20.8 Å². The Kier molecular flexibility index (Phi) is 4.46. The molecule has 0 amide bonds. The third kappa shape index (κ3) is 4.39. The summed E-state index contributed by atoms with van der Waals surface area (Å²) in [4.78, 5) is 4.22. The first-order valence-electron chi connectivity index (χ1n) is 6.32. The lowest BCUT2D eigenvalue weighted by Crippen LogP contribution is -2.26. The van der Waals surface area contributed by atoms with E-state index >= 15 is 0 Å². The number of anilines is 1. The van der Waals surface area contributed by atoms with E-state index in [0.717, 1.165) is 6.07 Å². The van der Waals surface area contributed by atoms with E-state index in [-0.39, 0.29) is 17.2 Å². The minimum atomic E-state index is -1.05. The van der Waals surface area contributed by atoms with E-state index in [4.69, 9.17) is 4.74 Å². The van der Waals surface area contributed by atoms with Crippen molar-refractivity contribution in [2.45, 2.75) is 26.3 Å². The average Bonchev–Trinajstić information content (AvgIpc) is 2.33. The van der Waals surface area contributed by atoms with Crippen LogP contribution in [0.5, 0.6) is 11.6 Å². The second kappa shape index (κ2) is 5.97. The zero-order valence-electron chi connectivity index (χ0n) is 11.9. The normalized spacial score (nSPS) is 11.3. The van der Waals surface area contributed by atoms with Crippen LogP contribution in [0.1, 0.15) is 20.8 Å². The molecule has 1 aromatic carbocycles. The number of rotatable bonds is 3. The largest absolute Gasteiger partial charge is 0.436 e. The monoisotopic (exact) mass is 356 g/mol. The van der Waals surface area contributed by atoms with E-state index in [1.54, 1.807) is 18.2 Å². The first kappa shape index (κ1) is 15.7. The maximum atomic E-state index is 13.7. The smallest absolute Gasteiger partial charge is 0.221 e. The van der Waals surface area contributed by atoms with E-state index in [1.165, 1.54) is 6.07 Å². The second-order valence-corrected chi connectivity index (χ2v) is 6.45. The van der Waals surface area contributed by atoms with Crippen molar-refractivity contribution in [2.75, 3.05) is 5.32 Å². The Morgan fingerprint density at radius 2 is 1.90 bits per heavy atom. The summed E-state index contributed by atoms with van der Waals surface area (Å²) in [7, 11) is 0. The highest BCUT2D eigenvalue weighted by Crippen LogP contribution is 2.29. The number of hydrogen-bond acceptors (Lipinski definition) is 3. The van der Waals surface area contributed by atoms with Crippen molar-refractivity contribution in [3.8, 4) is 11.6 Å². The molecule has 0 unspecified atom stereocenters. The molecule has 0 saturated heterocycles. The van der Waals surface area contributed by atoms with Gasteiger partial charge in [-0.05, 0) is 39.0 Å². The molecular weight excluding hydrogens is 342 g/mol. The summed E-state index contributed by atoms with van der Waals surface area (Å²) in [6, 6.07) is 7.46. The molecular formula is C15H15BrF2N2O. The van der Waals surface area contributed by atoms with Gasteiger partial charge in [0.25, 0.3) is 0 Å². The van der Waals surface area contributed by atoms with Gasteiger partial charge >= 0.3 is 0 Å². The summed E-state index contributed by atoms with van der Waals surface area (Å²) < 4.78 is 32.7. The summed E-state index contributed by atoms with van der Waals surface area (Å²) >= 11 is 3.10. The lowest BCUT2D eigenvalue weighted by atomic mass is 10.1. The average molecular weight is 357 g/mol. The number of nitrogens with zero attached hydrogens (tertiary/aromatic N) is 1. The van der Waals surface area contributed by atoms with Gasteiger partial charge < -0.3 is 10.1 Å². The van der Waals surface area contributed by atoms with Gasteiger partial charge in [0.2, 0.25) is 11.7 Å². The molecule has 0 aliphatic heterocycles. The van der Waals surface area contributed by atoms with Crippen molar-refractivity contribution in [1.82, 2.24) is 4.98 Å². The standard InChI is InChI=1S/C15H15BrF2N2O/c1-15(2,3)20-12-5-4-6-13(19-12)21-11-8-9(16)7-10(17)14(11)18/h4-8H,1-3H3,(H,19,20). The molecule has 2 aromatic rings. The van der Waals surface area contributed by atoms with Crippen LogP contribution in [0.4, 0.5) is 14.6 Å². The van der Waals surface area contributed by atoms with Gasteiger partial charge in [0.15, 0.2) is 11.6 Å². The fourth-order valence-electron chi connectivity index (χ4n) is 1.64. The second-order valence-electron chi connectivity index (χ2n) is 5.54. The number of hydrogen-bond donors (Lipinski definition) is 1. The molecule has 0 saturated carbocycles. The van der Waals surface area contributed by atoms with Gasteiger partial charge in [-0.2, -0.15) is 9.37 Å². The Labute approximate surface area is 130 Å². The molecule has 3 nitrogen and oxygen atoms in total. The SMILES string of the molecule is CC(C)(C)Nc1cccc(Oc2cc(Br)cc(F)c2F)n1. The van der Waals surface area contributed by atoms with E-state index < -0.39 is 11.6 Å². The zero-order chi connectivity index (χ0) is 15.6. The molecule has 0 aliphatic carbocycles. The van der Waals surface area contributed by atoms with Crippen molar-refractivity contribution >= 4 is 21.7 Å². The van der Waals surface area contributed by atoms with Crippen molar-refractivity contribution in [2.24, 2.45) is 0 Å². The van der Waals surface area contributed by atoms with Crippen LogP contribution in [0, 0.1) is 11.6 Å². The minimum Gasteiger partial charge on any atom is -0.436 e. The predicted molar refractivity (Wildman–Crippen MR) is 81.7 cm³/mol. The fourth-order valence-corrected chi connectivity index (χ4v) is 2.05. The Hall–Kier alpha value is -1.69. The predicted octanol–water partition coefficient (Wildman–Crippen LogP) is 5.13. The van der Waals surface area contributed by atoms with Crippen molar-refractivity contribution in [1.29, 1.82) is 0 Å². The van der Waals surface area contributed by atoms with Crippen LogP contribution >= 0.6 is 15.9 Å². The highest BCUT2D eigenvalue weighted by atomic mass is 79.9. The quantitative estimate of drug-likeness (QED) is 0.774. The molecule has 0 spiro atoms. The first-order valence-corrected chi connectivity index (χ1v) is 7.11. The molecule has 0 radical (unpaired) electrons. The molecule has 21 heavy (non-hydrogen) atoms. The van der Waals surface area contributed by atoms with Crippen molar-refractivity contribution < 1.29 is 13.5 Å². The third-order valence-electron chi connectivity index (χ3n) is 2.40. The summed E-state index contributed by atoms with van der Waals surface area (Å²) in [5.41, 5.74) is -0.168. The van der Waals surface area contributed by atoms with Crippen LogP contribution < -0.4 is 10.1 Å². The molecule has 1 N–H and O–H groups in total. The van der Waals surface area contributed by atoms with Gasteiger partial charge in [-0.25, -0.2) is 4.39 Å². The molecule has 0 fully saturated rings. The van der Waals surface area contributed by atoms with Crippen LogP contribution in [0.25, 0.3) is 0 Å². The molecule has 1 heterocycles. The maximum Gasteiger partial charge on any atom is 0.221 e. The first-order chi connectivity index (χ1) is 9.74. The summed E-state index contributed by atoms with van der Waals surface area (Å²) in [6.45, 7) is 5.97. The van der Waals surface area contributed by atoms with Gasteiger partial charge in [-0.1, -0.05) is 22.0 Å². The minimum absolute atomic E-state index is 0.168. The molecule has 0 atom stereocenters. The van der Waals surface area contributed by atoms with Crippen molar-refractivity contribution in [3.05, 3.63) is 46.4 Å². The van der Waals surface area contributed by atoms with Gasteiger partial charge in [-0.15, -0.1) is 0 Å². The van der Waals surface area contributed by atoms with Gasteiger partial charge in [-0.3, -0.25) is 0 Å². The van der Waals surface area contributed by atoms with Crippen LogP contribution in [-0.2, 0) is 0 Å². The molecule has 0 aliphatic rings. The van der Waals surface area contributed by atoms with Crippen LogP contribution in [-0.4, -0.2) is 10.5 Å². The number of pyridine rings is 1. The highest BCUT2D eigenvalue weighted by molar-refractivity contribution is 9.10. The Morgan fingerprint density at radius 3 is 2.57 bits per heavy atom. The summed E-state index contributed by atoms with van der Waals surface area (Å²) in [6.07, 6.45) is 0. The number of nitrogens with one attached hydrogen (secondary N) is 1. The van der Waals surface area contributed by atoms with Gasteiger partial charge in [0.05, 0.1) is 0 Å². The summed E-state index contributed by atoms with van der Waals surface area (Å²) in [5.74, 6) is -1.48. The highest BCUT2D eigenvalue weighted by Gasteiger charge is 2.14. The molecule has 2 rings (SSSR count). The maximum absolute atomic E-state index is 13.7. The van der Waals surface area contributed by atoms with E-state index in [2.05, 4.69) is 26.2 Å². The van der Waals surface area contributed by atoms with Crippen LogP contribution in [0.2, 0.25) is 0 Å². The zero-order valence-corrected chi connectivity index (χ0v) is 13.5. The summed E-state index contributed by atoms with van der Waals surface area (Å²) in [5, 5.41) is 3.18. The number of halogens is 3. The number of benzene rings is 1. The van der Waals surface area contributed by atoms with Crippen LogP contribution in [0.3, 0.4) is 0 Å². The van der Waals surface area contributed by atoms with E-state index in [0.29, 0.717) is 10.3 Å². The molecule has 1 aromatic heterocycles. The number of ether oxygens (including phenoxy) is 1. The Balaban J connectivity index is 2.26. The lowest BCUT2D eigenvalue weighted by molar-refractivity contribution is 0.405. The van der Waals surface area contributed by atoms with Gasteiger partial charge in [0.1, 0.15) is 5.82 Å². The molecule has 6 heteroatoms. The Bertz CT molecular complexity index is 657. The number of aromatic nitrogens is 1. The van der Waals surface area contributed by atoms with Crippen LogP contribution in [0.15, 0.2) is 34.8 Å².